The predicted octanol–water partition coefficient (Wildman–Crippen LogP) is 14.6. The smallest absolute Gasteiger partial charge is 0.0361 e. The standard InChI is InChI=1S/C52H38S/c1-2-11-36-32(10-1)20-23-42-37-22-21-33(29-45(37)52(51(36)42)34-25-30-24-31(27-34)28-35(52)26-30)48-38-12-3-5-14-40(38)49(41-15-6-4-13-39(41)48)44-17-9-19-47-50(44)43-16-7-8-18-46(43)53-47/h1-23,29-31,34-35H,24-28H2. The van der Waals surface area contributed by atoms with E-state index in [2.05, 4.69) is 146 Å². The first-order valence-corrected chi connectivity index (χ1v) is 20.6. The molecule has 1 spiro atoms. The Kier molecular flexibility index (Phi) is 5.77. The Morgan fingerprint density at radius 3 is 1.74 bits per heavy atom. The minimum Gasteiger partial charge on any atom is -0.135 e. The van der Waals surface area contributed by atoms with Crippen LogP contribution in [0.2, 0.25) is 0 Å². The van der Waals surface area contributed by atoms with Gasteiger partial charge in [0.2, 0.25) is 0 Å². The monoisotopic (exact) mass is 694 g/mol. The summed E-state index contributed by atoms with van der Waals surface area (Å²) in [5.41, 5.74) is 11.8. The van der Waals surface area contributed by atoms with Gasteiger partial charge in [-0.1, -0.05) is 127 Å². The molecule has 53 heavy (non-hydrogen) atoms. The van der Waals surface area contributed by atoms with E-state index in [9.17, 15) is 0 Å². The highest BCUT2D eigenvalue weighted by molar-refractivity contribution is 7.25. The zero-order valence-corrected chi connectivity index (χ0v) is 30.4. The van der Waals surface area contributed by atoms with Crippen molar-refractivity contribution in [3.8, 4) is 33.4 Å². The average Bonchev–Trinajstić information content (AvgIpc) is 3.73. The van der Waals surface area contributed by atoms with Crippen molar-refractivity contribution in [1.82, 2.24) is 0 Å². The van der Waals surface area contributed by atoms with Gasteiger partial charge >= 0.3 is 0 Å². The van der Waals surface area contributed by atoms with Gasteiger partial charge in [-0.25, -0.2) is 0 Å². The van der Waals surface area contributed by atoms with Gasteiger partial charge in [0.25, 0.3) is 0 Å². The Hall–Kier alpha value is -5.24. The summed E-state index contributed by atoms with van der Waals surface area (Å²) < 4.78 is 2.71. The van der Waals surface area contributed by atoms with Crippen LogP contribution in [0.25, 0.3) is 85.9 Å². The SMILES string of the molecule is c1ccc2c3c(ccc2c1)-c1ccc(-c2c4ccccc4c(-c4cccc5sc6ccccc6c45)c4ccccc24)cc1C31C2CC3CC(C2)CC1C3. The fourth-order valence-corrected chi connectivity index (χ4v) is 14.0. The van der Waals surface area contributed by atoms with Gasteiger partial charge in [0, 0.05) is 25.6 Å². The van der Waals surface area contributed by atoms with Crippen molar-refractivity contribution in [1.29, 1.82) is 0 Å². The molecule has 1 aromatic heterocycles. The minimum atomic E-state index is 0.0934. The van der Waals surface area contributed by atoms with Gasteiger partial charge in [-0.15, -0.1) is 11.3 Å². The number of hydrogen-bond acceptors (Lipinski definition) is 1. The molecular weight excluding hydrogens is 657 g/mol. The van der Waals surface area contributed by atoms with Gasteiger partial charge in [-0.3, -0.25) is 0 Å². The first kappa shape index (κ1) is 29.2. The number of benzene rings is 8. The third-order valence-corrected chi connectivity index (χ3v) is 15.6. The van der Waals surface area contributed by atoms with Crippen molar-refractivity contribution in [3.63, 3.8) is 0 Å². The summed E-state index contributed by atoms with van der Waals surface area (Å²) >= 11 is 1.91. The quantitative estimate of drug-likeness (QED) is 0.158. The molecule has 0 atom stereocenters. The summed E-state index contributed by atoms with van der Waals surface area (Å²) in [5.74, 6) is 3.27. The van der Waals surface area contributed by atoms with E-state index in [0.29, 0.717) is 0 Å². The van der Waals surface area contributed by atoms with Crippen LogP contribution in [0.1, 0.15) is 43.2 Å². The van der Waals surface area contributed by atoms with Crippen molar-refractivity contribution in [3.05, 3.63) is 157 Å². The van der Waals surface area contributed by atoms with Crippen LogP contribution < -0.4 is 0 Å². The van der Waals surface area contributed by atoms with Crippen molar-refractivity contribution in [2.75, 3.05) is 0 Å². The van der Waals surface area contributed by atoms with Crippen molar-refractivity contribution < 1.29 is 0 Å². The molecule has 5 aliphatic carbocycles. The average molecular weight is 695 g/mol. The van der Waals surface area contributed by atoms with Crippen LogP contribution in [-0.4, -0.2) is 0 Å². The lowest BCUT2D eigenvalue weighted by atomic mass is 9.43. The first-order valence-electron chi connectivity index (χ1n) is 19.8. The second-order valence-electron chi connectivity index (χ2n) is 16.8. The molecule has 1 heteroatoms. The van der Waals surface area contributed by atoms with Crippen LogP contribution in [-0.2, 0) is 5.41 Å². The molecule has 0 N–H and O–H groups in total. The highest BCUT2D eigenvalue weighted by Crippen LogP contribution is 2.70. The van der Waals surface area contributed by atoms with Crippen molar-refractivity contribution in [2.45, 2.75) is 37.5 Å². The van der Waals surface area contributed by atoms with Crippen molar-refractivity contribution >= 4 is 63.8 Å². The Morgan fingerprint density at radius 1 is 0.434 bits per heavy atom. The molecule has 4 fully saturated rings. The predicted molar refractivity (Wildman–Crippen MR) is 226 cm³/mol. The molecule has 9 aromatic rings. The molecule has 0 nitrogen and oxygen atoms in total. The zero-order chi connectivity index (χ0) is 34.4. The Balaban J connectivity index is 1.11. The van der Waals surface area contributed by atoms with E-state index < -0.39 is 0 Å². The van der Waals surface area contributed by atoms with Gasteiger partial charge in [0.15, 0.2) is 0 Å². The lowest BCUT2D eigenvalue weighted by molar-refractivity contribution is -0.0393. The minimum absolute atomic E-state index is 0.0934. The zero-order valence-electron chi connectivity index (χ0n) is 29.6. The van der Waals surface area contributed by atoms with Gasteiger partial charge in [-0.05, 0) is 151 Å². The van der Waals surface area contributed by atoms with Crippen molar-refractivity contribution in [2.24, 2.45) is 23.7 Å². The summed E-state index contributed by atoms with van der Waals surface area (Å²) in [6.07, 6.45) is 7.04. The summed E-state index contributed by atoms with van der Waals surface area (Å²) in [6.45, 7) is 0. The number of fused-ring (bicyclic) bond motifs is 10. The Morgan fingerprint density at radius 2 is 1.02 bits per heavy atom. The maximum Gasteiger partial charge on any atom is 0.0361 e. The molecule has 14 rings (SSSR count). The molecular formula is C52H38S. The summed E-state index contributed by atoms with van der Waals surface area (Å²) in [6, 6.07) is 56.2. The molecule has 0 saturated heterocycles. The third-order valence-electron chi connectivity index (χ3n) is 14.4. The van der Waals surface area contributed by atoms with Gasteiger partial charge in [-0.2, -0.15) is 0 Å². The molecule has 4 bridgehead atoms. The normalized spacial score (nSPS) is 23.9. The van der Waals surface area contributed by atoms with Gasteiger partial charge in [0.1, 0.15) is 0 Å². The van der Waals surface area contributed by atoms with E-state index in [1.165, 1.54) is 118 Å². The summed E-state index contributed by atoms with van der Waals surface area (Å²) in [7, 11) is 0. The Bertz CT molecular complexity index is 2940. The van der Waals surface area contributed by atoms with Gasteiger partial charge < -0.3 is 0 Å². The molecule has 0 radical (unpaired) electrons. The van der Waals surface area contributed by atoms with E-state index in [1.807, 2.05) is 11.3 Å². The molecule has 4 saturated carbocycles. The molecule has 5 aliphatic rings. The Labute approximate surface area is 313 Å². The molecule has 8 aromatic carbocycles. The summed E-state index contributed by atoms with van der Waals surface area (Å²) in [5, 5.41) is 11.0. The molecule has 252 valence electrons. The van der Waals surface area contributed by atoms with E-state index in [0.717, 1.165) is 23.7 Å². The summed E-state index contributed by atoms with van der Waals surface area (Å²) in [4.78, 5) is 0. The fourth-order valence-electron chi connectivity index (χ4n) is 12.8. The lowest BCUT2D eigenvalue weighted by Gasteiger charge is -2.61. The van der Waals surface area contributed by atoms with Crippen LogP contribution >= 0.6 is 11.3 Å². The number of thiophene rings is 1. The molecule has 0 unspecified atom stereocenters. The second kappa shape index (κ2) is 10.5. The molecule has 0 aliphatic heterocycles. The van der Waals surface area contributed by atoms with E-state index in [1.54, 1.807) is 11.1 Å². The topological polar surface area (TPSA) is 0 Å². The third kappa shape index (κ3) is 3.72. The fraction of sp³-hybridized carbons (Fsp3) is 0.192. The van der Waals surface area contributed by atoms with E-state index in [4.69, 9.17) is 0 Å². The van der Waals surface area contributed by atoms with Crippen LogP contribution in [0.4, 0.5) is 0 Å². The number of rotatable bonds is 2. The van der Waals surface area contributed by atoms with Crippen LogP contribution in [0.3, 0.4) is 0 Å². The largest absolute Gasteiger partial charge is 0.135 e. The molecule has 0 amide bonds. The number of hydrogen-bond donors (Lipinski definition) is 0. The van der Waals surface area contributed by atoms with E-state index >= 15 is 0 Å². The maximum absolute atomic E-state index is 2.70. The molecule has 1 heterocycles. The van der Waals surface area contributed by atoms with Crippen LogP contribution in [0.5, 0.6) is 0 Å². The van der Waals surface area contributed by atoms with Gasteiger partial charge in [0.05, 0.1) is 0 Å². The maximum atomic E-state index is 2.70. The highest BCUT2D eigenvalue weighted by atomic mass is 32.1. The van der Waals surface area contributed by atoms with Crippen LogP contribution in [0.15, 0.2) is 146 Å². The van der Waals surface area contributed by atoms with E-state index in [-0.39, 0.29) is 5.41 Å². The lowest BCUT2D eigenvalue weighted by Crippen LogP contribution is -2.55. The van der Waals surface area contributed by atoms with Crippen LogP contribution in [0, 0.1) is 23.7 Å². The highest BCUT2D eigenvalue weighted by Gasteiger charge is 2.62. The first-order chi connectivity index (χ1) is 26.3. The second-order valence-corrected chi connectivity index (χ2v) is 17.8.